The van der Waals surface area contributed by atoms with Crippen LogP contribution in [0.3, 0.4) is 0 Å². The molecule has 3 rings (SSSR count). The summed E-state index contributed by atoms with van der Waals surface area (Å²) in [6.45, 7) is 1.47. The summed E-state index contributed by atoms with van der Waals surface area (Å²) in [6.07, 6.45) is 1.92. The predicted octanol–water partition coefficient (Wildman–Crippen LogP) is 3.14. The Hall–Kier alpha value is -2.83. The number of halogens is 1. The van der Waals surface area contributed by atoms with Gasteiger partial charge in [0.15, 0.2) is 0 Å². The molecule has 7 heteroatoms. The van der Waals surface area contributed by atoms with Gasteiger partial charge in [0, 0.05) is 31.6 Å². The van der Waals surface area contributed by atoms with E-state index in [-0.39, 0.29) is 17.7 Å². The second-order valence-corrected chi connectivity index (χ2v) is 5.59. The molecule has 2 aromatic rings. The number of amides is 1. The van der Waals surface area contributed by atoms with Crippen LogP contribution in [0.15, 0.2) is 42.6 Å². The topological polar surface area (TPSA) is 74.7 Å². The van der Waals surface area contributed by atoms with E-state index in [2.05, 4.69) is 15.2 Å². The van der Waals surface area contributed by atoms with E-state index in [1.165, 1.54) is 30.5 Å². The van der Waals surface area contributed by atoms with Gasteiger partial charge in [0.25, 0.3) is 0 Å². The number of anilines is 2. The van der Waals surface area contributed by atoms with Crippen molar-refractivity contribution in [3.63, 3.8) is 0 Å². The van der Waals surface area contributed by atoms with Gasteiger partial charge in [-0.1, -0.05) is 0 Å². The summed E-state index contributed by atoms with van der Waals surface area (Å²) in [6, 6.07) is 9.31. The molecule has 0 unspecified atom stereocenters. The summed E-state index contributed by atoms with van der Waals surface area (Å²) in [5.41, 5.74) is 0.965. The molecule has 1 amide bonds. The zero-order chi connectivity index (χ0) is 16.9. The molecule has 0 bridgehead atoms. The third kappa shape index (κ3) is 4.13. The van der Waals surface area contributed by atoms with E-state index < -0.39 is 6.09 Å². The Labute approximate surface area is 138 Å². The van der Waals surface area contributed by atoms with Crippen LogP contribution in [0.5, 0.6) is 5.75 Å². The van der Waals surface area contributed by atoms with Crippen LogP contribution >= 0.6 is 0 Å². The number of nitrogens with zero attached hydrogens (tertiary/aromatic N) is 2. The molecule has 1 aromatic heterocycles. The molecule has 2 N–H and O–H groups in total. The van der Waals surface area contributed by atoms with Crippen LogP contribution in [0.25, 0.3) is 0 Å². The van der Waals surface area contributed by atoms with Crippen LogP contribution in [0.1, 0.15) is 12.8 Å². The van der Waals surface area contributed by atoms with E-state index in [1.807, 2.05) is 0 Å². The van der Waals surface area contributed by atoms with E-state index in [1.54, 1.807) is 12.1 Å². The Morgan fingerprint density at radius 1 is 1.21 bits per heavy atom. The second-order valence-electron chi connectivity index (χ2n) is 5.59. The van der Waals surface area contributed by atoms with Gasteiger partial charge in [0.05, 0.1) is 6.20 Å². The van der Waals surface area contributed by atoms with E-state index in [4.69, 9.17) is 9.84 Å². The number of rotatable bonds is 3. The van der Waals surface area contributed by atoms with Gasteiger partial charge >= 0.3 is 6.09 Å². The molecule has 2 heterocycles. The van der Waals surface area contributed by atoms with Crippen molar-refractivity contribution in [1.82, 2.24) is 4.98 Å². The van der Waals surface area contributed by atoms with E-state index in [0.29, 0.717) is 18.7 Å². The molecule has 0 saturated carbocycles. The minimum Gasteiger partial charge on any atom is -0.506 e. The van der Waals surface area contributed by atoms with E-state index in [0.717, 1.165) is 18.8 Å². The number of benzene rings is 1. The molecule has 1 aliphatic heterocycles. The van der Waals surface area contributed by atoms with Crippen molar-refractivity contribution in [3.8, 4) is 5.75 Å². The molecule has 0 atom stereocenters. The summed E-state index contributed by atoms with van der Waals surface area (Å²) in [5.74, 6) is 0.0973. The summed E-state index contributed by atoms with van der Waals surface area (Å²) in [4.78, 5) is 17.9. The summed E-state index contributed by atoms with van der Waals surface area (Å²) in [5, 5.41) is 11.7. The normalized spacial score (nSPS) is 15.1. The Balaban J connectivity index is 1.47. The molecular weight excluding hydrogens is 313 g/mol. The zero-order valence-corrected chi connectivity index (χ0v) is 13.0. The Kier molecular flexibility index (Phi) is 4.79. The fourth-order valence-electron chi connectivity index (χ4n) is 2.63. The van der Waals surface area contributed by atoms with Crippen LogP contribution in [0.2, 0.25) is 0 Å². The third-order valence-corrected chi connectivity index (χ3v) is 3.89. The molecule has 126 valence electrons. The van der Waals surface area contributed by atoms with Crippen LogP contribution in [-0.2, 0) is 4.74 Å². The molecule has 1 fully saturated rings. The molecular formula is C17H18FN3O3. The first kappa shape index (κ1) is 16.0. The van der Waals surface area contributed by atoms with Crippen LogP contribution in [0.4, 0.5) is 20.7 Å². The van der Waals surface area contributed by atoms with Gasteiger partial charge < -0.3 is 14.7 Å². The van der Waals surface area contributed by atoms with Crippen molar-refractivity contribution in [1.29, 1.82) is 0 Å². The van der Waals surface area contributed by atoms with Gasteiger partial charge in [-0.3, -0.25) is 5.32 Å². The quantitative estimate of drug-likeness (QED) is 0.904. The van der Waals surface area contributed by atoms with Crippen molar-refractivity contribution in [3.05, 3.63) is 48.4 Å². The summed E-state index contributed by atoms with van der Waals surface area (Å²) < 4.78 is 18.3. The van der Waals surface area contributed by atoms with Crippen LogP contribution in [-0.4, -0.2) is 35.4 Å². The summed E-state index contributed by atoms with van der Waals surface area (Å²) >= 11 is 0. The second kappa shape index (κ2) is 7.16. The highest BCUT2D eigenvalue weighted by atomic mass is 19.1. The molecule has 0 radical (unpaired) electrons. The molecule has 1 aliphatic rings. The van der Waals surface area contributed by atoms with E-state index >= 15 is 0 Å². The highest BCUT2D eigenvalue weighted by molar-refractivity contribution is 5.83. The van der Waals surface area contributed by atoms with Crippen molar-refractivity contribution in [2.24, 2.45) is 0 Å². The number of ether oxygens (including phenoxy) is 1. The van der Waals surface area contributed by atoms with Crippen LogP contribution < -0.4 is 10.2 Å². The van der Waals surface area contributed by atoms with Gasteiger partial charge in [-0.15, -0.1) is 0 Å². The lowest BCUT2D eigenvalue weighted by Crippen LogP contribution is -2.38. The molecule has 24 heavy (non-hydrogen) atoms. The van der Waals surface area contributed by atoms with Gasteiger partial charge in [0.1, 0.15) is 23.5 Å². The fourth-order valence-corrected chi connectivity index (χ4v) is 2.63. The smallest absolute Gasteiger partial charge is 0.413 e. The average Bonchev–Trinajstić information content (AvgIpc) is 2.58. The lowest BCUT2D eigenvalue weighted by molar-refractivity contribution is 0.0950. The Morgan fingerprint density at radius 3 is 2.54 bits per heavy atom. The largest absolute Gasteiger partial charge is 0.506 e. The molecule has 6 nitrogen and oxygen atoms in total. The van der Waals surface area contributed by atoms with Crippen molar-refractivity contribution in [2.45, 2.75) is 18.9 Å². The van der Waals surface area contributed by atoms with Gasteiger partial charge in [0.2, 0.25) is 0 Å². The maximum Gasteiger partial charge on any atom is 0.413 e. The number of carbonyl (C=O) groups excluding carboxylic acids is 1. The highest BCUT2D eigenvalue weighted by Crippen LogP contribution is 2.22. The number of hydrogen-bond acceptors (Lipinski definition) is 5. The van der Waals surface area contributed by atoms with Gasteiger partial charge in [-0.2, -0.15) is 0 Å². The van der Waals surface area contributed by atoms with Crippen LogP contribution in [0, 0.1) is 5.82 Å². The van der Waals surface area contributed by atoms with Gasteiger partial charge in [-0.05, 0) is 36.4 Å². The summed E-state index contributed by atoms with van der Waals surface area (Å²) in [7, 11) is 0. The number of pyridine rings is 1. The number of aromatic hydroxyl groups is 1. The van der Waals surface area contributed by atoms with Gasteiger partial charge in [-0.25, -0.2) is 14.2 Å². The number of piperidine rings is 1. The van der Waals surface area contributed by atoms with E-state index in [9.17, 15) is 9.18 Å². The lowest BCUT2D eigenvalue weighted by atomic mass is 10.1. The average molecular weight is 331 g/mol. The lowest BCUT2D eigenvalue weighted by Gasteiger charge is -2.33. The van der Waals surface area contributed by atoms with Crippen molar-refractivity contribution in [2.75, 3.05) is 23.3 Å². The van der Waals surface area contributed by atoms with Crippen molar-refractivity contribution < 1.29 is 19.0 Å². The maximum atomic E-state index is 13.0. The molecule has 0 aliphatic carbocycles. The first-order valence-electron chi connectivity index (χ1n) is 7.73. The molecule has 1 aromatic carbocycles. The minimum absolute atomic E-state index is 0.0297. The SMILES string of the molecule is O=C(Nc1ccc(O)cn1)OC1CCN(c2ccc(F)cc2)CC1. The predicted molar refractivity (Wildman–Crippen MR) is 87.6 cm³/mol. The van der Waals surface area contributed by atoms with Crippen molar-refractivity contribution >= 4 is 17.6 Å². The fraction of sp³-hybridized carbons (Fsp3) is 0.294. The minimum atomic E-state index is -0.562. The first-order valence-corrected chi connectivity index (χ1v) is 7.73. The maximum absolute atomic E-state index is 13.0. The number of nitrogens with one attached hydrogen (secondary N) is 1. The standard InChI is InChI=1S/C17H18FN3O3/c18-12-1-3-13(4-2-12)21-9-7-15(8-10-21)24-17(23)20-16-6-5-14(22)11-19-16/h1-6,11,15,22H,7-10H2,(H,19,20,23). The monoisotopic (exact) mass is 331 g/mol. The number of hydrogen-bond donors (Lipinski definition) is 2. The molecule has 1 saturated heterocycles. The molecule has 0 spiro atoms. The number of carbonyl (C=O) groups is 1. The number of aromatic nitrogens is 1. The third-order valence-electron chi connectivity index (χ3n) is 3.89. The zero-order valence-electron chi connectivity index (χ0n) is 13.0. The Bertz CT molecular complexity index is 683. The Morgan fingerprint density at radius 2 is 1.92 bits per heavy atom. The highest BCUT2D eigenvalue weighted by Gasteiger charge is 2.22. The first-order chi connectivity index (χ1) is 11.6.